The smallest absolute Gasteiger partial charge is 0.257 e. The van der Waals surface area contributed by atoms with Gasteiger partial charge in [-0.2, -0.15) is 4.98 Å². The summed E-state index contributed by atoms with van der Waals surface area (Å²) in [6, 6.07) is 37.0. The summed E-state index contributed by atoms with van der Waals surface area (Å²) in [7, 11) is 0. The number of pyridine rings is 1. The molecule has 0 aliphatic heterocycles. The third kappa shape index (κ3) is 6.12. The van der Waals surface area contributed by atoms with Crippen LogP contribution in [0.3, 0.4) is 0 Å². The maximum absolute atomic E-state index is 11.5. The molecule has 0 fully saturated rings. The van der Waals surface area contributed by atoms with Gasteiger partial charge in [0.1, 0.15) is 0 Å². The molecule has 3 aromatic heterocycles. The molecule has 5 nitrogen and oxygen atoms in total. The highest BCUT2D eigenvalue weighted by atomic mass is 16.3. The number of hydrogen-bond donors (Lipinski definition) is 1. The van der Waals surface area contributed by atoms with Crippen LogP contribution in [0.2, 0.25) is 0 Å². The third-order valence-electron chi connectivity index (χ3n) is 11.8. The molecule has 9 rings (SSSR count). The minimum Gasteiger partial charge on any atom is -0.491 e. The zero-order valence-corrected chi connectivity index (χ0v) is 34.4. The number of imidazole rings is 1. The van der Waals surface area contributed by atoms with Gasteiger partial charge in [-0.1, -0.05) is 141 Å². The first-order valence-corrected chi connectivity index (χ1v) is 20.3. The summed E-state index contributed by atoms with van der Waals surface area (Å²) >= 11 is 0. The minimum absolute atomic E-state index is 0.0903. The van der Waals surface area contributed by atoms with Gasteiger partial charge in [-0.05, 0) is 97.2 Å². The van der Waals surface area contributed by atoms with Gasteiger partial charge >= 0.3 is 0 Å². The molecule has 0 saturated carbocycles. The van der Waals surface area contributed by atoms with Crippen molar-refractivity contribution >= 4 is 49.0 Å². The van der Waals surface area contributed by atoms with E-state index in [9.17, 15) is 5.11 Å². The van der Waals surface area contributed by atoms with Crippen molar-refractivity contribution < 1.29 is 5.11 Å². The van der Waals surface area contributed by atoms with Crippen molar-refractivity contribution in [3.05, 3.63) is 138 Å². The number of aromatic nitrogens is 4. The maximum Gasteiger partial charge on any atom is 0.257 e. The monoisotopic (exact) mass is 746 g/mol. The Bertz CT molecular complexity index is 3010. The number of aromatic hydroxyl groups is 1. The summed E-state index contributed by atoms with van der Waals surface area (Å²) < 4.78 is 1.96. The molecule has 0 spiro atoms. The number of rotatable bonds is 6. The van der Waals surface area contributed by atoms with Crippen molar-refractivity contribution in [3.63, 3.8) is 0 Å². The van der Waals surface area contributed by atoms with Crippen molar-refractivity contribution in [2.45, 2.75) is 85.5 Å². The van der Waals surface area contributed by atoms with Gasteiger partial charge in [0.25, 0.3) is 5.88 Å². The highest BCUT2D eigenvalue weighted by molar-refractivity contribution is 6.17. The van der Waals surface area contributed by atoms with Crippen LogP contribution in [0.15, 0.2) is 116 Å². The third-order valence-corrected chi connectivity index (χ3v) is 11.8. The summed E-state index contributed by atoms with van der Waals surface area (Å²) in [6.45, 7) is 20.5. The van der Waals surface area contributed by atoms with Crippen molar-refractivity contribution in [1.29, 1.82) is 0 Å². The molecule has 0 atom stereocenters. The Morgan fingerprint density at radius 2 is 1.23 bits per heavy atom. The molecule has 0 unspecified atom stereocenters. The summed E-state index contributed by atoms with van der Waals surface area (Å²) in [5, 5.41) is 17.9. The lowest BCUT2D eigenvalue weighted by Gasteiger charge is -2.23. The fraction of sp³-hybridized carbons (Fsp3) is 0.250. The van der Waals surface area contributed by atoms with Crippen LogP contribution in [0.4, 0.5) is 0 Å². The predicted octanol–water partition coefficient (Wildman–Crippen LogP) is 14.1. The highest BCUT2D eigenvalue weighted by Crippen LogP contribution is 2.43. The van der Waals surface area contributed by atoms with E-state index in [1.807, 2.05) is 34.7 Å². The molecular weight excluding hydrogens is 697 g/mol. The van der Waals surface area contributed by atoms with E-state index in [2.05, 4.69) is 148 Å². The highest BCUT2D eigenvalue weighted by Gasteiger charge is 2.25. The molecule has 5 heteroatoms. The Kier molecular flexibility index (Phi) is 8.69. The molecule has 0 radical (unpaired) electrons. The lowest BCUT2D eigenvalue weighted by atomic mass is 9.82. The average molecular weight is 747 g/mol. The van der Waals surface area contributed by atoms with Crippen LogP contribution in [0, 0.1) is 0 Å². The summed E-state index contributed by atoms with van der Waals surface area (Å²) in [4.78, 5) is 15.3. The van der Waals surface area contributed by atoms with E-state index in [1.165, 1.54) is 27.8 Å². The second-order valence-electron chi connectivity index (χ2n) is 17.7. The molecule has 3 heterocycles. The Morgan fingerprint density at radius 3 is 1.89 bits per heavy atom. The first-order valence-electron chi connectivity index (χ1n) is 20.3. The Hall–Kier alpha value is -6.07. The Balaban J connectivity index is 1.28. The summed E-state index contributed by atoms with van der Waals surface area (Å²) in [6.07, 6.45) is 4.21. The zero-order chi connectivity index (χ0) is 39.9. The quantitative estimate of drug-likeness (QED) is 0.136. The van der Waals surface area contributed by atoms with Gasteiger partial charge in [-0.25, -0.2) is 4.98 Å². The first kappa shape index (κ1) is 36.6. The lowest BCUT2D eigenvalue weighted by molar-refractivity contribution is 0.461. The van der Waals surface area contributed by atoms with Gasteiger partial charge in [0.05, 0.1) is 11.0 Å². The van der Waals surface area contributed by atoms with Crippen molar-refractivity contribution in [2.75, 3.05) is 0 Å². The fourth-order valence-electron chi connectivity index (χ4n) is 8.73. The molecule has 1 N–H and O–H groups in total. The van der Waals surface area contributed by atoms with Crippen LogP contribution in [0.5, 0.6) is 5.88 Å². The molecule has 0 aliphatic carbocycles. The van der Waals surface area contributed by atoms with E-state index in [-0.39, 0.29) is 11.3 Å². The van der Waals surface area contributed by atoms with Gasteiger partial charge in [-0.3, -0.25) is 9.38 Å². The number of hydrogen-bond acceptors (Lipinski definition) is 4. The molecule has 284 valence electrons. The van der Waals surface area contributed by atoms with Crippen LogP contribution >= 0.6 is 0 Å². The number of nitrogens with zero attached hydrogens (tertiary/aromatic N) is 4. The van der Waals surface area contributed by atoms with Crippen LogP contribution < -0.4 is 0 Å². The summed E-state index contributed by atoms with van der Waals surface area (Å²) in [5.41, 5.74) is 12.9. The second kappa shape index (κ2) is 13.5. The van der Waals surface area contributed by atoms with E-state index in [0.29, 0.717) is 29.2 Å². The zero-order valence-electron chi connectivity index (χ0n) is 34.4. The average Bonchev–Trinajstić information content (AvgIpc) is 3.52. The molecule has 0 saturated heterocycles. The minimum atomic E-state index is -0.181. The van der Waals surface area contributed by atoms with E-state index in [0.717, 1.165) is 65.6 Å². The topological polar surface area (TPSA) is 63.3 Å². The molecule has 57 heavy (non-hydrogen) atoms. The largest absolute Gasteiger partial charge is 0.491 e. The Morgan fingerprint density at radius 1 is 0.579 bits per heavy atom. The normalized spacial score (nSPS) is 12.5. The standard InChI is InChI=1S/C52H50N4O/c1-29(2)35-23-40(30(3)4)46(41(24-35)31(5)6)37-22-34-20-19-33-21-36-25-45(52(7,8)9)44-28-56-49(39-18-14-13-17-38(39)32-15-11-10-12-16-32)55-51(57)50(56)54-48(44)43(36)26-42(33)47(34)53-27-37/h10-31,57H,1-9H3. The SMILES string of the molecule is CC(C)c1cc(C(C)C)c(-c2cnc3c(ccc4cc5cc(C(C)(C)C)c6cn7c(-c8ccccc8-c8ccccc8)nc(O)c7nc6c5cc43)c2)c(C(C)C)c1. The van der Waals surface area contributed by atoms with Gasteiger partial charge in [0, 0.05) is 45.1 Å². The van der Waals surface area contributed by atoms with Gasteiger partial charge in [0.15, 0.2) is 5.82 Å². The van der Waals surface area contributed by atoms with Crippen molar-refractivity contribution in [3.8, 4) is 39.5 Å². The first-order chi connectivity index (χ1) is 27.3. The van der Waals surface area contributed by atoms with E-state index < -0.39 is 0 Å². The van der Waals surface area contributed by atoms with E-state index in [4.69, 9.17) is 15.0 Å². The van der Waals surface area contributed by atoms with Gasteiger partial charge in [-0.15, -0.1) is 0 Å². The maximum atomic E-state index is 11.5. The van der Waals surface area contributed by atoms with Crippen LogP contribution in [-0.4, -0.2) is 24.5 Å². The number of benzene rings is 6. The molecular formula is C52H50N4O. The van der Waals surface area contributed by atoms with Crippen molar-refractivity contribution in [2.24, 2.45) is 0 Å². The number of fused-ring (bicyclic) bond motifs is 7. The van der Waals surface area contributed by atoms with Crippen LogP contribution in [0.1, 0.15) is 102 Å². The van der Waals surface area contributed by atoms with Gasteiger partial charge < -0.3 is 5.11 Å². The van der Waals surface area contributed by atoms with E-state index in [1.54, 1.807) is 0 Å². The van der Waals surface area contributed by atoms with Crippen molar-refractivity contribution in [1.82, 2.24) is 19.4 Å². The molecule has 9 aromatic rings. The molecule has 0 bridgehead atoms. The molecule has 0 aliphatic rings. The second-order valence-corrected chi connectivity index (χ2v) is 17.7. The lowest BCUT2D eigenvalue weighted by Crippen LogP contribution is -2.12. The predicted molar refractivity (Wildman–Crippen MR) is 240 cm³/mol. The fourth-order valence-corrected chi connectivity index (χ4v) is 8.73. The molecule has 6 aromatic carbocycles. The van der Waals surface area contributed by atoms with Crippen LogP contribution in [0.25, 0.3) is 82.6 Å². The van der Waals surface area contributed by atoms with Crippen LogP contribution in [-0.2, 0) is 5.41 Å². The van der Waals surface area contributed by atoms with Gasteiger partial charge in [0.2, 0.25) is 5.65 Å². The molecule has 0 amide bonds. The summed E-state index contributed by atoms with van der Waals surface area (Å²) in [5.74, 6) is 1.78. The Labute approximate surface area is 335 Å². The van der Waals surface area contributed by atoms with E-state index >= 15 is 0 Å².